The number of pyridine rings is 6. The van der Waals surface area contributed by atoms with Gasteiger partial charge >= 0.3 is 18.2 Å². The fourth-order valence-electron chi connectivity index (χ4n) is 18.9. The Morgan fingerprint density at radius 2 is 0.764 bits per heavy atom. The summed E-state index contributed by atoms with van der Waals surface area (Å²) in [7, 11) is 6.62. The number of methoxy groups -OCH3 is 3. The van der Waals surface area contributed by atoms with Gasteiger partial charge in [-0.15, -0.1) is 12.4 Å². The molecule has 6 atom stereocenters. The second-order valence-corrected chi connectivity index (χ2v) is 37.4. The van der Waals surface area contributed by atoms with Crippen molar-refractivity contribution in [3.05, 3.63) is 180 Å². The maximum absolute atomic E-state index is 13.5. The second-order valence-electron chi connectivity index (χ2n) is 37.4. The highest BCUT2D eigenvalue weighted by Gasteiger charge is 2.53. The number of carbonyl (C=O) groups is 5. The molecule has 9 aromatic heterocycles. The SMILES string of the molecule is CC(C)(C)OC(=O)N1CCC2NCC21.COc1cc(C(=O)N2CC3C2CCN3C(=O)OC(C)(C)C)cnc1-c1cc2nccc(-c3ccc(OC4CCOCC4)c(C#N)c3)c2o1.COc1cc(C(=O)N2CC3C2CCN3C)cnc1-c1cc2nccc(-c3ccc(OC4CCOCC4)c(C#N)c3)c2o1.COc1cc(C(=O)O)cnc1-c1cc2nccc(-c3ccc(OC4CCOCC4)c(C#N)c3)c2o1.Cl. The lowest BCUT2D eigenvalue weighted by Gasteiger charge is -2.46. The number of likely N-dealkylation sites (N-methyl/N-ethyl adjacent to an activating group) is 1. The molecule has 18 heterocycles. The monoisotopic (exact) mass is 1920 g/mol. The number of aromatic nitrogens is 6. The van der Waals surface area contributed by atoms with Crippen LogP contribution in [0.15, 0.2) is 160 Å². The van der Waals surface area contributed by atoms with E-state index in [0.717, 1.165) is 111 Å². The number of nitrogens with zero attached hydrogens (tertiary/aromatic N) is 14. The van der Waals surface area contributed by atoms with Crippen molar-refractivity contribution in [3.63, 3.8) is 0 Å². The van der Waals surface area contributed by atoms with Gasteiger partial charge in [-0.05, 0) is 157 Å². The van der Waals surface area contributed by atoms with Gasteiger partial charge in [-0.1, -0.05) is 18.2 Å². The minimum absolute atomic E-state index is 0. The van der Waals surface area contributed by atoms with Crippen LogP contribution in [0.25, 0.3) is 101 Å². The lowest BCUT2D eigenvalue weighted by Crippen LogP contribution is -2.64. The molecule has 12 aromatic rings. The van der Waals surface area contributed by atoms with Gasteiger partial charge in [-0.25, -0.2) is 29.3 Å². The van der Waals surface area contributed by atoms with Crippen LogP contribution in [0.3, 0.4) is 0 Å². The number of ether oxygens (including phenoxy) is 11. The quantitative estimate of drug-likeness (QED) is 0.0805. The van der Waals surface area contributed by atoms with Gasteiger partial charge in [0, 0.05) is 162 Å². The van der Waals surface area contributed by atoms with Gasteiger partial charge in [0.05, 0.1) is 119 Å². The van der Waals surface area contributed by atoms with Crippen molar-refractivity contribution >= 4 is 75.7 Å². The Labute approximate surface area is 813 Å². The number of hydrogen-bond acceptors (Lipinski definition) is 30. The van der Waals surface area contributed by atoms with E-state index in [2.05, 4.69) is 65.4 Å². The van der Waals surface area contributed by atoms with Crippen LogP contribution in [0.4, 0.5) is 9.59 Å². The molecule has 0 saturated carbocycles. The van der Waals surface area contributed by atoms with E-state index in [1.807, 2.05) is 112 Å². The molecule has 0 spiro atoms. The number of rotatable bonds is 18. The Hall–Kier alpha value is -14.5. The predicted molar refractivity (Wildman–Crippen MR) is 515 cm³/mol. The fraction of sp³-hybridized carbons (Fsp3) is 0.404. The van der Waals surface area contributed by atoms with Crippen LogP contribution in [0, 0.1) is 34.0 Å². The van der Waals surface area contributed by atoms with E-state index in [4.69, 9.17) is 65.4 Å². The molecule has 0 aliphatic carbocycles. The van der Waals surface area contributed by atoms with Crippen LogP contribution in [0.2, 0.25) is 0 Å². The second kappa shape index (κ2) is 41.7. The lowest BCUT2D eigenvalue weighted by molar-refractivity contribution is -0.00679. The molecule has 21 rings (SSSR count). The Morgan fingerprint density at radius 1 is 0.414 bits per heavy atom. The van der Waals surface area contributed by atoms with E-state index in [1.165, 1.54) is 32.7 Å². The van der Waals surface area contributed by atoms with E-state index in [-0.39, 0.29) is 89.8 Å². The average molecular weight is 1920 g/mol. The van der Waals surface area contributed by atoms with Crippen LogP contribution in [0.5, 0.6) is 34.5 Å². The fourth-order valence-corrected chi connectivity index (χ4v) is 18.9. The number of benzene rings is 3. The Balaban J connectivity index is 0.000000136. The van der Waals surface area contributed by atoms with Crippen molar-refractivity contribution < 1.29 is 94.4 Å². The molecule has 9 aliphatic rings. The number of nitrogens with one attached hydrogen (secondary N) is 1. The number of likely N-dealkylation sites (tertiary alicyclic amines) is 5. The maximum atomic E-state index is 13.5. The number of amides is 4. The zero-order valence-corrected chi connectivity index (χ0v) is 80.1. The first-order valence-corrected chi connectivity index (χ1v) is 46.7. The zero-order valence-electron chi connectivity index (χ0n) is 79.3. The number of fused-ring (bicyclic) bond motifs is 6. The third-order valence-corrected chi connectivity index (χ3v) is 26.3. The van der Waals surface area contributed by atoms with Crippen molar-refractivity contribution in [1.82, 2.24) is 59.7 Å². The molecule has 35 nitrogen and oxygen atoms in total. The lowest BCUT2D eigenvalue weighted by atomic mass is 9.96. The molecule has 0 bridgehead atoms. The summed E-state index contributed by atoms with van der Waals surface area (Å²) in [5, 5.41) is 42.1. The van der Waals surface area contributed by atoms with Crippen LogP contribution >= 0.6 is 12.4 Å². The average Bonchev–Trinajstić information content (AvgIpc) is 1.56. The van der Waals surface area contributed by atoms with E-state index in [0.29, 0.717) is 202 Å². The maximum Gasteiger partial charge on any atom is 0.410 e. The standard InChI is InChI=1S/C36H37N5O7.C32H31N5O5.C26H21N3O6.C10H18N2O2.ClH/c1-36(2,3)48-35(43)40-12-8-27-28(40)20-41(27)34(42)23-16-30(44-4)32(39-19-23)31-17-26-33(47-31)25(7-11-38-26)21-5-6-29(22(15-21)18-37)46-24-9-13-45-14-10-24;1-36-10-6-25-26(36)18-37(25)32(38)21-14-28(39-2)30(35-17-21)29-15-24-31(42-29)23(5-9-34-24)19-3-4-27(20(13-19)16-33)41-22-7-11-40-12-8-22;1-32-22-11-17(26(30)31)14-29-24(22)23-12-20-25(35-23)19(4-7-28-20)15-2-3-21(16(10-15)13-27)34-18-5-8-33-9-6-18;1-10(2,3)14-9(13)12-5-4-7-8(12)6-11-7;/h5-7,11,15-17,19,24,27-28H,8-10,12-14,20H2,1-4H3;3-5,9,13-15,17,22,25-26H,6-8,10-12,18H2,1-2H3;2-4,7,10-12,14,18H,5-6,8-9H2,1H3,(H,30,31);7-8,11H,4-6H2,1-3H3;1H. The van der Waals surface area contributed by atoms with Crippen molar-refractivity contribution in [1.29, 1.82) is 15.8 Å². The molecule has 9 saturated heterocycles. The highest BCUT2D eigenvalue weighted by atomic mass is 35.5. The molecular formula is C104H108ClN15O20. The number of carbonyl (C=O) groups excluding carboxylic acids is 4. The van der Waals surface area contributed by atoms with Crippen molar-refractivity contribution in [2.75, 3.05) is 107 Å². The number of carboxylic acids is 1. The van der Waals surface area contributed by atoms with Crippen LogP contribution in [0.1, 0.15) is 147 Å². The van der Waals surface area contributed by atoms with E-state index >= 15 is 0 Å². The van der Waals surface area contributed by atoms with Gasteiger partial charge in [0.1, 0.15) is 116 Å². The smallest absolute Gasteiger partial charge is 0.410 e. The predicted octanol–water partition coefficient (Wildman–Crippen LogP) is 16.4. The molecule has 0 radical (unpaired) electrons. The van der Waals surface area contributed by atoms with Crippen molar-refractivity contribution in [2.45, 2.75) is 165 Å². The number of carboxylic acid groups (broad SMARTS) is 1. The first kappa shape index (κ1) is 97.1. The van der Waals surface area contributed by atoms with Gasteiger partial charge in [-0.3, -0.25) is 29.4 Å². The summed E-state index contributed by atoms with van der Waals surface area (Å²) in [4.78, 5) is 98.9. The molecule has 140 heavy (non-hydrogen) atoms. The zero-order chi connectivity index (χ0) is 97.1. The third kappa shape index (κ3) is 20.7. The van der Waals surface area contributed by atoms with E-state index in [9.17, 15) is 44.9 Å². The molecule has 3 aromatic carbocycles. The summed E-state index contributed by atoms with van der Waals surface area (Å²) >= 11 is 0. The van der Waals surface area contributed by atoms with Gasteiger partial charge < -0.3 is 95.4 Å². The Bertz CT molecular complexity index is 6790. The summed E-state index contributed by atoms with van der Waals surface area (Å²) in [6.07, 6.45) is 16.5. The van der Waals surface area contributed by atoms with Gasteiger partial charge in [-0.2, -0.15) is 15.8 Å². The largest absolute Gasteiger partial charge is 0.494 e. The number of halogens is 1. The normalized spacial score (nSPS) is 19.4. The topological polar surface area (TPSA) is 423 Å². The van der Waals surface area contributed by atoms with E-state index < -0.39 is 11.6 Å². The number of hydrogen-bond donors (Lipinski definition) is 2. The summed E-state index contributed by atoms with van der Waals surface area (Å²) in [6.45, 7) is 19.6. The molecule has 36 heteroatoms. The molecule has 726 valence electrons. The summed E-state index contributed by atoms with van der Waals surface area (Å²) < 4.78 is 80.9. The van der Waals surface area contributed by atoms with Gasteiger partial charge in [0.15, 0.2) is 34.0 Å². The minimum Gasteiger partial charge on any atom is -0.494 e. The molecule has 6 unspecified atom stereocenters. The van der Waals surface area contributed by atoms with Crippen LogP contribution in [-0.4, -0.2) is 263 Å². The van der Waals surface area contributed by atoms with Crippen LogP contribution in [-0.2, 0) is 23.7 Å². The van der Waals surface area contributed by atoms with E-state index in [1.54, 1.807) is 84.2 Å². The van der Waals surface area contributed by atoms with Gasteiger partial charge in [0.25, 0.3) is 11.8 Å². The number of furan rings is 3. The first-order valence-electron chi connectivity index (χ1n) is 46.7. The summed E-state index contributed by atoms with van der Waals surface area (Å²) in [5.74, 6) is 2.72. The first-order chi connectivity index (χ1) is 67.2. The molecule has 9 fully saturated rings. The third-order valence-electron chi connectivity index (χ3n) is 26.3. The molecule has 2 N–H and O–H groups in total. The highest BCUT2D eigenvalue weighted by molar-refractivity contribution is 5.99. The summed E-state index contributed by atoms with van der Waals surface area (Å²) in [5.41, 5.74) is 10.6. The molecule has 4 amide bonds. The summed E-state index contributed by atoms with van der Waals surface area (Å²) in [6, 6.07) is 40.4. The van der Waals surface area contributed by atoms with Gasteiger partial charge in [0.2, 0.25) is 0 Å². The minimum atomic E-state index is -1.10. The molecule has 9 aliphatic heterocycles. The number of aromatic carboxylic acids is 1. The van der Waals surface area contributed by atoms with Crippen molar-refractivity contribution in [3.8, 4) is 120 Å². The number of nitriles is 3. The Morgan fingerprint density at radius 3 is 1.11 bits per heavy atom. The molecular weight excluding hydrogens is 1810 g/mol. The highest BCUT2D eigenvalue weighted by Crippen LogP contribution is 2.45. The van der Waals surface area contributed by atoms with Crippen LogP contribution < -0.4 is 33.7 Å². The van der Waals surface area contributed by atoms with Crippen molar-refractivity contribution in [2.24, 2.45) is 0 Å². The Kier molecular flexibility index (Phi) is 28.9.